The van der Waals surface area contributed by atoms with Crippen LogP contribution in [0, 0.1) is 12.3 Å². The Morgan fingerprint density at radius 3 is 2.71 bits per heavy atom. The quantitative estimate of drug-likeness (QED) is 0.770. The summed E-state index contributed by atoms with van der Waals surface area (Å²) in [7, 11) is 0. The summed E-state index contributed by atoms with van der Waals surface area (Å²) < 4.78 is 0. The molecule has 0 aliphatic carbocycles. The molecule has 3 heteroatoms. The molecule has 2 fully saturated rings. The van der Waals surface area contributed by atoms with E-state index in [1.54, 1.807) is 0 Å². The minimum Gasteiger partial charge on any atom is -0.313 e. The van der Waals surface area contributed by atoms with Crippen LogP contribution < -0.4 is 5.32 Å². The van der Waals surface area contributed by atoms with Crippen molar-refractivity contribution >= 4 is 11.8 Å². The highest BCUT2D eigenvalue weighted by molar-refractivity contribution is 7.99. The van der Waals surface area contributed by atoms with Gasteiger partial charge in [0, 0.05) is 30.9 Å². The van der Waals surface area contributed by atoms with Crippen molar-refractivity contribution in [3.8, 4) is 12.3 Å². The highest BCUT2D eigenvalue weighted by atomic mass is 32.2. The van der Waals surface area contributed by atoms with Crippen LogP contribution in [0.4, 0.5) is 0 Å². The molecule has 0 spiro atoms. The number of nitrogens with zero attached hydrogens (tertiary/aromatic N) is 1. The summed E-state index contributed by atoms with van der Waals surface area (Å²) in [6.45, 7) is 4.37. The number of hydrogen-bond acceptors (Lipinski definition) is 3. The summed E-state index contributed by atoms with van der Waals surface area (Å²) in [4.78, 5) is 2.38. The summed E-state index contributed by atoms with van der Waals surface area (Å²) in [5.41, 5.74) is 0. The zero-order valence-corrected chi connectivity index (χ0v) is 11.5. The number of piperidine rings is 1. The Bertz CT molecular complexity index is 247. The van der Waals surface area contributed by atoms with E-state index in [1.807, 2.05) is 0 Å². The second kappa shape index (κ2) is 7.31. The summed E-state index contributed by atoms with van der Waals surface area (Å²) in [6.07, 6.45) is 12.1. The molecule has 0 bridgehead atoms. The molecule has 2 nitrogen and oxygen atoms in total. The zero-order chi connectivity index (χ0) is 11.9. The van der Waals surface area contributed by atoms with Crippen LogP contribution in [0.3, 0.4) is 0 Å². The van der Waals surface area contributed by atoms with Gasteiger partial charge in [0.2, 0.25) is 0 Å². The van der Waals surface area contributed by atoms with Gasteiger partial charge in [-0.05, 0) is 31.4 Å². The van der Waals surface area contributed by atoms with E-state index < -0.39 is 0 Å². The lowest BCUT2D eigenvalue weighted by molar-refractivity contribution is 0.218. The number of rotatable bonds is 4. The smallest absolute Gasteiger partial charge is 0.0598 e. The Kier molecular flexibility index (Phi) is 5.70. The van der Waals surface area contributed by atoms with Crippen molar-refractivity contribution in [1.29, 1.82) is 0 Å². The van der Waals surface area contributed by atoms with Gasteiger partial charge in [0.25, 0.3) is 0 Å². The van der Waals surface area contributed by atoms with Crippen LogP contribution in [-0.4, -0.2) is 48.1 Å². The van der Waals surface area contributed by atoms with E-state index >= 15 is 0 Å². The molecule has 2 aliphatic heterocycles. The van der Waals surface area contributed by atoms with Crippen LogP contribution in [0.25, 0.3) is 0 Å². The first kappa shape index (κ1) is 13.3. The molecule has 0 aromatic heterocycles. The molecular weight excluding hydrogens is 228 g/mol. The molecule has 2 heterocycles. The van der Waals surface area contributed by atoms with Crippen molar-refractivity contribution in [3.63, 3.8) is 0 Å². The first-order valence-electron chi connectivity index (χ1n) is 6.89. The SMILES string of the molecule is C#CCN1CCC(NCC2CCCCS2)CC1. The third kappa shape index (κ3) is 4.54. The summed E-state index contributed by atoms with van der Waals surface area (Å²) in [5, 5.41) is 4.62. The lowest BCUT2D eigenvalue weighted by Gasteiger charge is -2.32. The first-order chi connectivity index (χ1) is 8.38. The molecule has 0 amide bonds. The monoisotopic (exact) mass is 252 g/mol. The van der Waals surface area contributed by atoms with E-state index in [9.17, 15) is 0 Å². The molecule has 0 radical (unpaired) electrons. The van der Waals surface area contributed by atoms with Crippen LogP contribution in [0.1, 0.15) is 32.1 Å². The Morgan fingerprint density at radius 2 is 2.06 bits per heavy atom. The maximum absolute atomic E-state index is 5.34. The highest BCUT2D eigenvalue weighted by Gasteiger charge is 2.20. The van der Waals surface area contributed by atoms with Crippen molar-refractivity contribution in [2.24, 2.45) is 0 Å². The zero-order valence-electron chi connectivity index (χ0n) is 10.7. The van der Waals surface area contributed by atoms with Crippen LogP contribution in [0.5, 0.6) is 0 Å². The molecule has 2 saturated heterocycles. The average molecular weight is 252 g/mol. The lowest BCUT2D eigenvalue weighted by atomic mass is 10.0. The molecule has 17 heavy (non-hydrogen) atoms. The van der Waals surface area contributed by atoms with E-state index in [4.69, 9.17) is 6.42 Å². The maximum Gasteiger partial charge on any atom is 0.0598 e. The van der Waals surface area contributed by atoms with Crippen molar-refractivity contribution in [1.82, 2.24) is 10.2 Å². The third-order valence-corrected chi connectivity index (χ3v) is 5.21. The van der Waals surface area contributed by atoms with Crippen LogP contribution in [0.2, 0.25) is 0 Å². The van der Waals surface area contributed by atoms with Crippen LogP contribution >= 0.6 is 11.8 Å². The molecule has 1 N–H and O–H groups in total. The van der Waals surface area contributed by atoms with Crippen LogP contribution in [-0.2, 0) is 0 Å². The standard InChI is InChI=1S/C14H24N2S/c1-2-8-16-9-6-13(7-10-16)15-12-14-5-3-4-11-17-14/h1,13-15H,3-12H2. The van der Waals surface area contributed by atoms with E-state index in [0.717, 1.165) is 17.8 Å². The van der Waals surface area contributed by atoms with E-state index in [0.29, 0.717) is 0 Å². The molecule has 1 unspecified atom stereocenters. The molecule has 2 rings (SSSR count). The molecule has 1 atom stereocenters. The fourth-order valence-corrected chi connectivity index (χ4v) is 3.94. The van der Waals surface area contributed by atoms with Crippen molar-refractivity contribution in [2.75, 3.05) is 31.9 Å². The summed E-state index contributed by atoms with van der Waals surface area (Å²) in [5.74, 6) is 4.11. The normalized spacial score (nSPS) is 27.8. The fraction of sp³-hybridized carbons (Fsp3) is 0.857. The molecule has 96 valence electrons. The van der Waals surface area contributed by atoms with Crippen molar-refractivity contribution in [2.45, 2.75) is 43.4 Å². The first-order valence-corrected chi connectivity index (χ1v) is 7.94. The fourth-order valence-electron chi connectivity index (χ4n) is 2.69. The Hall–Kier alpha value is -0.170. The number of terminal acetylenes is 1. The lowest BCUT2D eigenvalue weighted by Crippen LogP contribution is -2.44. The Labute approximate surface area is 110 Å². The van der Waals surface area contributed by atoms with Gasteiger partial charge in [-0.1, -0.05) is 12.3 Å². The number of likely N-dealkylation sites (tertiary alicyclic amines) is 1. The molecule has 0 aromatic rings. The second-order valence-corrected chi connectivity index (χ2v) is 6.56. The van der Waals surface area contributed by atoms with Gasteiger partial charge in [-0.3, -0.25) is 4.90 Å². The van der Waals surface area contributed by atoms with Gasteiger partial charge in [-0.15, -0.1) is 6.42 Å². The minimum absolute atomic E-state index is 0.728. The Balaban J connectivity index is 1.59. The topological polar surface area (TPSA) is 15.3 Å². The van der Waals surface area contributed by atoms with Gasteiger partial charge in [0.1, 0.15) is 0 Å². The Morgan fingerprint density at radius 1 is 1.24 bits per heavy atom. The van der Waals surface area contributed by atoms with Gasteiger partial charge in [-0.2, -0.15) is 11.8 Å². The number of nitrogens with one attached hydrogen (secondary N) is 1. The van der Waals surface area contributed by atoms with Crippen molar-refractivity contribution < 1.29 is 0 Å². The van der Waals surface area contributed by atoms with E-state index in [1.165, 1.54) is 57.5 Å². The van der Waals surface area contributed by atoms with Gasteiger partial charge >= 0.3 is 0 Å². The van der Waals surface area contributed by atoms with Gasteiger partial charge in [-0.25, -0.2) is 0 Å². The third-order valence-electron chi connectivity index (χ3n) is 3.81. The summed E-state index contributed by atoms with van der Waals surface area (Å²) >= 11 is 2.16. The van der Waals surface area contributed by atoms with Gasteiger partial charge in [0.05, 0.1) is 6.54 Å². The van der Waals surface area contributed by atoms with E-state index in [-0.39, 0.29) is 0 Å². The van der Waals surface area contributed by atoms with Gasteiger partial charge < -0.3 is 5.32 Å². The summed E-state index contributed by atoms with van der Waals surface area (Å²) in [6, 6.07) is 0.728. The van der Waals surface area contributed by atoms with E-state index in [2.05, 4.69) is 27.9 Å². The second-order valence-electron chi connectivity index (χ2n) is 5.15. The highest BCUT2D eigenvalue weighted by Crippen LogP contribution is 2.24. The molecule has 0 aromatic carbocycles. The number of thioether (sulfide) groups is 1. The average Bonchev–Trinajstić information content (AvgIpc) is 2.40. The minimum atomic E-state index is 0.728. The van der Waals surface area contributed by atoms with Crippen LogP contribution in [0.15, 0.2) is 0 Å². The number of hydrogen-bond donors (Lipinski definition) is 1. The molecule has 0 saturated carbocycles. The largest absolute Gasteiger partial charge is 0.313 e. The predicted molar refractivity (Wildman–Crippen MR) is 76.4 cm³/mol. The maximum atomic E-state index is 5.34. The predicted octanol–water partition coefficient (Wildman–Crippen LogP) is 1.96. The molecule has 2 aliphatic rings. The van der Waals surface area contributed by atoms with Gasteiger partial charge in [0.15, 0.2) is 0 Å². The van der Waals surface area contributed by atoms with Crippen molar-refractivity contribution in [3.05, 3.63) is 0 Å². The molecular formula is C14H24N2S.